The molecule has 2 saturated carbocycles. The van der Waals surface area contributed by atoms with E-state index in [0.29, 0.717) is 11.8 Å². The van der Waals surface area contributed by atoms with Crippen LogP contribution in [0.3, 0.4) is 0 Å². The molecule has 0 aliphatic heterocycles. The maximum Gasteiger partial charge on any atom is 0.0159 e. The van der Waals surface area contributed by atoms with E-state index >= 15 is 0 Å². The molecular formula is C64H58. The third-order valence-electron chi connectivity index (χ3n) is 17.0. The number of rotatable bonds is 4. The van der Waals surface area contributed by atoms with E-state index in [2.05, 4.69) is 173 Å². The molecule has 0 saturated heterocycles. The fourth-order valence-electron chi connectivity index (χ4n) is 13.7. The minimum Gasteiger partial charge on any atom is -0.0619 e. The maximum atomic E-state index is 2.60. The first-order chi connectivity index (χ1) is 31.3. The zero-order chi connectivity index (χ0) is 42.9. The quantitative estimate of drug-likeness (QED) is 0.155. The average Bonchev–Trinajstić information content (AvgIpc) is 3.70. The van der Waals surface area contributed by atoms with Gasteiger partial charge in [0.25, 0.3) is 0 Å². The van der Waals surface area contributed by atoms with Gasteiger partial charge in [0.1, 0.15) is 0 Å². The molecule has 0 nitrogen and oxygen atoms in total. The highest BCUT2D eigenvalue weighted by Gasteiger charge is 2.40. The van der Waals surface area contributed by atoms with E-state index in [1.54, 1.807) is 11.1 Å². The van der Waals surface area contributed by atoms with E-state index in [0.717, 1.165) is 0 Å². The van der Waals surface area contributed by atoms with Crippen molar-refractivity contribution in [2.75, 3.05) is 0 Å². The van der Waals surface area contributed by atoms with Gasteiger partial charge in [-0.05, 0) is 195 Å². The second-order valence-corrected chi connectivity index (χ2v) is 21.2. The third kappa shape index (κ3) is 5.54. The van der Waals surface area contributed by atoms with Crippen molar-refractivity contribution < 1.29 is 0 Å². The average molecular weight is 827 g/mol. The van der Waals surface area contributed by atoms with Gasteiger partial charge in [-0.3, -0.25) is 0 Å². The minimum absolute atomic E-state index is 0.158. The van der Waals surface area contributed by atoms with E-state index in [4.69, 9.17) is 0 Å². The molecule has 4 aliphatic carbocycles. The lowest BCUT2D eigenvalue weighted by atomic mass is 9.77. The molecule has 0 radical (unpaired) electrons. The van der Waals surface area contributed by atoms with Gasteiger partial charge in [-0.15, -0.1) is 0 Å². The predicted molar refractivity (Wildman–Crippen MR) is 274 cm³/mol. The number of hydrogen-bond acceptors (Lipinski definition) is 0. The molecule has 9 aromatic carbocycles. The van der Waals surface area contributed by atoms with Crippen molar-refractivity contribution in [1.82, 2.24) is 0 Å². The van der Waals surface area contributed by atoms with Crippen LogP contribution in [-0.2, 0) is 10.8 Å². The molecule has 0 unspecified atom stereocenters. The van der Waals surface area contributed by atoms with Gasteiger partial charge in [-0.1, -0.05) is 175 Å². The number of benzene rings is 9. The molecule has 0 atom stereocenters. The van der Waals surface area contributed by atoms with Gasteiger partial charge in [0.2, 0.25) is 0 Å². The first-order valence-corrected chi connectivity index (χ1v) is 24.6. The Morgan fingerprint density at radius 2 is 0.688 bits per heavy atom. The highest BCUT2D eigenvalue weighted by Crippen LogP contribution is 2.58. The minimum atomic E-state index is -0.158. The van der Waals surface area contributed by atoms with Crippen LogP contribution in [0.1, 0.15) is 137 Å². The van der Waals surface area contributed by atoms with Gasteiger partial charge >= 0.3 is 0 Å². The zero-order valence-corrected chi connectivity index (χ0v) is 38.1. The highest BCUT2D eigenvalue weighted by molar-refractivity contribution is 6.16. The molecule has 13 rings (SSSR count). The molecule has 9 aromatic rings. The normalized spacial score (nSPS) is 17.8. The largest absolute Gasteiger partial charge is 0.0619 e. The molecule has 0 amide bonds. The van der Waals surface area contributed by atoms with Crippen LogP contribution in [0.15, 0.2) is 146 Å². The van der Waals surface area contributed by atoms with Crippen LogP contribution in [0.2, 0.25) is 0 Å². The Hall–Kier alpha value is -5.98. The van der Waals surface area contributed by atoms with E-state index < -0.39 is 0 Å². The smallest absolute Gasteiger partial charge is 0.0159 e. The Balaban J connectivity index is 0.979. The van der Waals surface area contributed by atoms with Crippen LogP contribution >= 0.6 is 0 Å². The maximum absolute atomic E-state index is 2.60. The van der Waals surface area contributed by atoms with Gasteiger partial charge in [0.05, 0.1) is 0 Å². The Bertz CT molecular complexity index is 3170. The summed E-state index contributed by atoms with van der Waals surface area (Å²) in [6, 6.07) is 57.5. The fourth-order valence-corrected chi connectivity index (χ4v) is 13.7. The van der Waals surface area contributed by atoms with Crippen molar-refractivity contribution in [2.45, 2.75) is 115 Å². The molecule has 64 heavy (non-hydrogen) atoms. The molecule has 0 heterocycles. The number of hydrogen-bond donors (Lipinski definition) is 0. The first kappa shape index (κ1) is 38.5. The summed E-state index contributed by atoms with van der Waals surface area (Å²) in [4.78, 5) is 0. The Labute approximate surface area is 379 Å². The van der Waals surface area contributed by atoms with Gasteiger partial charge in [-0.25, -0.2) is 0 Å². The number of fused-ring (bicyclic) bond motifs is 13. The second-order valence-electron chi connectivity index (χ2n) is 21.2. The second kappa shape index (κ2) is 14.3. The van der Waals surface area contributed by atoms with Crippen LogP contribution in [0.4, 0.5) is 0 Å². The van der Waals surface area contributed by atoms with Gasteiger partial charge in [-0.2, -0.15) is 0 Å². The van der Waals surface area contributed by atoms with Gasteiger partial charge < -0.3 is 0 Å². The lowest BCUT2D eigenvalue weighted by Crippen LogP contribution is -2.16. The summed E-state index contributed by atoms with van der Waals surface area (Å²) in [5.41, 5.74) is 19.9. The predicted octanol–water partition coefficient (Wildman–Crippen LogP) is 18.3. The molecule has 0 heteroatoms. The van der Waals surface area contributed by atoms with Crippen molar-refractivity contribution in [1.29, 1.82) is 0 Å². The van der Waals surface area contributed by atoms with Crippen molar-refractivity contribution in [3.63, 3.8) is 0 Å². The summed E-state index contributed by atoms with van der Waals surface area (Å²) in [6.45, 7) is 9.92. The van der Waals surface area contributed by atoms with Crippen LogP contribution in [-0.4, -0.2) is 0 Å². The molecule has 2 fully saturated rings. The molecule has 0 bridgehead atoms. The molecule has 0 spiro atoms. The Morgan fingerprint density at radius 1 is 0.312 bits per heavy atom. The van der Waals surface area contributed by atoms with E-state index in [-0.39, 0.29) is 10.8 Å². The highest BCUT2D eigenvalue weighted by atomic mass is 14.4. The van der Waals surface area contributed by atoms with E-state index in [1.165, 1.54) is 174 Å². The molecule has 0 N–H and O–H groups in total. The SMILES string of the molecule is CC1(C)c2cc3c(ccc4cc5c(cc43)C(C)(C)c3cc(-c4ccccc4C4CCCCC4)c4ccccc4c3-5)cc2-c2c1cc(-c1ccccc1C1CCCCC1)c1ccccc21. The summed E-state index contributed by atoms with van der Waals surface area (Å²) < 4.78 is 0. The van der Waals surface area contributed by atoms with Crippen molar-refractivity contribution >= 4 is 43.1 Å². The summed E-state index contributed by atoms with van der Waals surface area (Å²) in [7, 11) is 0. The van der Waals surface area contributed by atoms with Crippen LogP contribution < -0.4 is 0 Å². The van der Waals surface area contributed by atoms with Crippen LogP contribution in [0.5, 0.6) is 0 Å². The molecule has 314 valence electrons. The van der Waals surface area contributed by atoms with E-state index in [9.17, 15) is 0 Å². The fraction of sp³-hybridized carbons (Fsp3) is 0.281. The standard InChI is InChI=1S/C64H58/c1-63(2)57-35-51-41(33-55(57)61-49-29-17-15-27-47(49)53(37-59(61)63)45-25-13-11-23-43(45)39-19-7-5-8-20-39)31-32-42-34-56-58(36-52(42)51)64(3,4)60-38-54(48-28-16-18-30-50(48)62(56)60)46-26-14-12-24-44(46)40-21-9-6-10-22-40/h11-18,23-40H,5-10,19-22H2,1-4H3. The molecular weight excluding hydrogens is 769 g/mol. The summed E-state index contributed by atoms with van der Waals surface area (Å²) in [6.07, 6.45) is 13.3. The van der Waals surface area contributed by atoms with Gasteiger partial charge in [0, 0.05) is 10.8 Å². The topological polar surface area (TPSA) is 0 Å². The lowest BCUT2D eigenvalue weighted by molar-refractivity contribution is 0.444. The zero-order valence-electron chi connectivity index (χ0n) is 38.1. The Morgan fingerprint density at radius 3 is 1.11 bits per heavy atom. The van der Waals surface area contributed by atoms with E-state index in [1.807, 2.05) is 0 Å². The van der Waals surface area contributed by atoms with Crippen molar-refractivity contribution in [2.24, 2.45) is 0 Å². The van der Waals surface area contributed by atoms with Crippen LogP contribution in [0, 0.1) is 0 Å². The third-order valence-corrected chi connectivity index (χ3v) is 17.0. The molecule has 4 aliphatic rings. The summed E-state index contributed by atoms with van der Waals surface area (Å²) in [5, 5.41) is 10.9. The lowest BCUT2D eigenvalue weighted by Gasteiger charge is -2.27. The summed E-state index contributed by atoms with van der Waals surface area (Å²) in [5.74, 6) is 1.28. The molecule has 0 aromatic heterocycles. The monoisotopic (exact) mass is 826 g/mol. The van der Waals surface area contributed by atoms with Crippen molar-refractivity contribution in [3.8, 4) is 44.5 Å². The first-order valence-electron chi connectivity index (χ1n) is 24.6. The van der Waals surface area contributed by atoms with Gasteiger partial charge in [0.15, 0.2) is 0 Å². The van der Waals surface area contributed by atoms with Crippen LogP contribution in [0.25, 0.3) is 87.6 Å². The Kier molecular flexibility index (Phi) is 8.57. The van der Waals surface area contributed by atoms with Crippen molar-refractivity contribution in [3.05, 3.63) is 179 Å². The summed E-state index contributed by atoms with van der Waals surface area (Å²) >= 11 is 0.